The van der Waals surface area contributed by atoms with Crippen molar-refractivity contribution < 1.29 is 36.3 Å². The molecule has 0 saturated heterocycles. The van der Waals surface area contributed by atoms with Crippen molar-refractivity contribution in [2.75, 3.05) is 0 Å². The average molecular weight is 456 g/mol. The van der Waals surface area contributed by atoms with Crippen LogP contribution in [0.25, 0.3) is 0 Å². The predicted molar refractivity (Wildman–Crippen MR) is 102 cm³/mol. The zero-order valence-electron chi connectivity index (χ0n) is 15.5. The van der Waals surface area contributed by atoms with Crippen molar-refractivity contribution in [2.24, 2.45) is 0 Å². The summed E-state index contributed by atoms with van der Waals surface area (Å²) in [6.45, 7) is -0.326. The standard InChI is InChI=1S/C19H15F3N2O6S/c20-19(21,22)30-16-5-3-14(4-6-16)29-15-7-9-17(10-8-15)31(27,28)23-12-13-2-1-11-24(26)18(13)25/h1-11,23,26H,12H2. The summed E-state index contributed by atoms with van der Waals surface area (Å²) in [5, 5.41) is 9.32. The smallest absolute Gasteiger partial charge is 0.457 e. The van der Waals surface area contributed by atoms with Crippen molar-refractivity contribution in [2.45, 2.75) is 17.8 Å². The monoisotopic (exact) mass is 456 g/mol. The first-order chi connectivity index (χ1) is 14.5. The molecule has 0 radical (unpaired) electrons. The Bertz CT molecular complexity index is 1210. The van der Waals surface area contributed by atoms with E-state index in [0.29, 0.717) is 4.73 Å². The molecule has 8 nitrogen and oxygen atoms in total. The van der Waals surface area contributed by atoms with Crippen LogP contribution in [-0.4, -0.2) is 24.7 Å². The highest BCUT2D eigenvalue weighted by atomic mass is 32.2. The number of nitrogens with zero attached hydrogens (tertiary/aromatic N) is 1. The van der Waals surface area contributed by atoms with E-state index in [1.807, 2.05) is 0 Å². The highest BCUT2D eigenvalue weighted by molar-refractivity contribution is 7.89. The summed E-state index contributed by atoms with van der Waals surface area (Å²) in [6, 6.07) is 12.7. The molecule has 0 spiro atoms. The van der Waals surface area contributed by atoms with Crippen molar-refractivity contribution in [1.29, 1.82) is 0 Å². The molecule has 164 valence electrons. The molecule has 0 unspecified atom stereocenters. The quantitative estimate of drug-likeness (QED) is 0.529. The third-order valence-electron chi connectivity index (χ3n) is 3.89. The Hall–Kier alpha value is -3.51. The van der Waals surface area contributed by atoms with Gasteiger partial charge in [0.25, 0.3) is 5.56 Å². The normalized spacial score (nSPS) is 11.8. The van der Waals surface area contributed by atoms with Crippen molar-refractivity contribution in [3.8, 4) is 17.2 Å². The van der Waals surface area contributed by atoms with Gasteiger partial charge >= 0.3 is 6.36 Å². The number of sulfonamides is 1. The third kappa shape index (κ3) is 5.99. The summed E-state index contributed by atoms with van der Waals surface area (Å²) in [4.78, 5) is 11.6. The number of rotatable bonds is 7. The van der Waals surface area contributed by atoms with Crippen LogP contribution in [0.3, 0.4) is 0 Å². The molecule has 1 heterocycles. The van der Waals surface area contributed by atoms with Crippen molar-refractivity contribution >= 4 is 10.0 Å². The summed E-state index contributed by atoms with van der Waals surface area (Å²) < 4.78 is 73.1. The number of halogens is 3. The lowest BCUT2D eigenvalue weighted by Gasteiger charge is -2.11. The molecule has 0 fully saturated rings. The fourth-order valence-electron chi connectivity index (χ4n) is 2.45. The van der Waals surface area contributed by atoms with Crippen molar-refractivity contribution in [3.63, 3.8) is 0 Å². The fraction of sp³-hybridized carbons (Fsp3) is 0.105. The van der Waals surface area contributed by atoms with E-state index >= 15 is 0 Å². The second-order valence-corrected chi connectivity index (χ2v) is 7.87. The van der Waals surface area contributed by atoms with E-state index in [1.54, 1.807) is 0 Å². The lowest BCUT2D eigenvalue weighted by Crippen LogP contribution is -2.29. The van der Waals surface area contributed by atoms with Crippen LogP contribution in [0.1, 0.15) is 5.56 Å². The summed E-state index contributed by atoms with van der Waals surface area (Å²) >= 11 is 0. The number of ether oxygens (including phenoxy) is 2. The molecule has 0 saturated carbocycles. The Morgan fingerprint density at radius 1 is 0.935 bits per heavy atom. The number of hydrogen-bond acceptors (Lipinski definition) is 6. The maximum atomic E-state index is 12.4. The largest absolute Gasteiger partial charge is 0.573 e. The van der Waals surface area contributed by atoms with Gasteiger partial charge in [-0.15, -0.1) is 13.2 Å². The molecule has 31 heavy (non-hydrogen) atoms. The maximum Gasteiger partial charge on any atom is 0.573 e. The topological polar surface area (TPSA) is 107 Å². The molecule has 1 aromatic heterocycles. The van der Waals surface area contributed by atoms with Crippen LogP contribution in [-0.2, 0) is 16.6 Å². The number of pyridine rings is 1. The van der Waals surface area contributed by atoms with Gasteiger partial charge in [-0.05, 0) is 54.6 Å². The van der Waals surface area contributed by atoms with E-state index in [2.05, 4.69) is 9.46 Å². The van der Waals surface area contributed by atoms with E-state index in [-0.39, 0.29) is 28.5 Å². The van der Waals surface area contributed by atoms with Gasteiger partial charge in [-0.2, -0.15) is 4.73 Å². The Labute approximate surface area is 174 Å². The molecule has 0 aliphatic heterocycles. The first kappa shape index (κ1) is 22.2. The highest BCUT2D eigenvalue weighted by Gasteiger charge is 2.31. The van der Waals surface area contributed by atoms with Crippen LogP contribution >= 0.6 is 0 Å². The fourth-order valence-corrected chi connectivity index (χ4v) is 3.46. The lowest BCUT2D eigenvalue weighted by atomic mass is 10.3. The molecule has 0 aliphatic rings. The molecule has 12 heteroatoms. The minimum absolute atomic E-state index is 0.0477. The van der Waals surface area contributed by atoms with Gasteiger partial charge in [0.2, 0.25) is 10.0 Å². The first-order valence-electron chi connectivity index (χ1n) is 8.57. The van der Waals surface area contributed by atoms with Crippen LogP contribution in [0.4, 0.5) is 13.2 Å². The molecule has 0 bridgehead atoms. The van der Waals surface area contributed by atoms with E-state index in [1.165, 1.54) is 48.5 Å². The molecule has 2 aromatic carbocycles. The SMILES string of the molecule is O=c1c(CNS(=O)(=O)c2ccc(Oc3ccc(OC(F)(F)F)cc3)cc2)cccn1O. The molecular weight excluding hydrogens is 441 g/mol. The van der Waals surface area contributed by atoms with E-state index in [9.17, 15) is 31.6 Å². The number of aromatic nitrogens is 1. The second kappa shape index (κ2) is 8.70. The van der Waals surface area contributed by atoms with Crippen LogP contribution in [0.15, 0.2) is 76.6 Å². The van der Waals surface area contributed by atoms with E-state index in [0.717, 1.165) is 18.3 Å². The average Bonchev–Trinajstić information content (AvgIpc) is 2.70. The molecule has 2 N–H and O–H groups in total. The van der Waals surface area contributed by atoms with Crippen LogP contribution in [0, 0.1) is 0 Å². The molecular formula is C19H15F3N2O6S. The first-order valence-corrected chi connectivity index (χ1v) is 10.0. The number of alkyl halides is 3. The summed E-state index contributed by atoms with van der Waals surface area (Å²) in [5.41, 5.74) is -0.702. The summed E-state index contributed by atoms with van der Waals surface area (Å²) in [6.07, 6.45) is -3.68. The van der Waals surface area contributed by atoms with Crippen LogP contribution in [0.2, 0.25) is 0 Å². The lowest BCUT2D eigenvalue weighted by molar-refractivity contribution is -0.274. The van der Waals surface area contributed by atoms with Gasteiger partial charge in [-0.1, -0.05) is 6.07 Å². The van der Waals surface area contributed by atoms with Gasteiger partial charge < -0.3 is 14.7 Å². The highest BCUT2D eigenvalue weighted by Crippen LogP contribution is 2.27. The molecule has 0 amide bonds. The molecule has 0 atom stereocenters. The van der Waals surface area contributed by atoms with E-state index in [4.69, 9.17) is 4.74 Å². The number of nitrogens with one attached hydrogen (secondary N) is 1. The molecule has 3 aromatic rings. The third-order valence-corrected chi connectivity index (χ3v) is 5.30. The Morgan fingerprint density at radius 3 is 2.06 bits per heavy atom. The predicted octanol–water partition coefficient (Wildman–Crippen LogP) is 3.26. The summed E-state index contributed by atoms with van der Waals surface area (Å²) in [5.74, 6) is 0.0565. The molecule has 0 aliphatic carbocycles. The zero-order valence-corrected chi connectivity index (χ0v) is 16.4. The van der Waals surface area contributed by atoms with Gasteiger partial charge in [0.15, 0.2) is 0 Å². The van der Waals surface area contributed by atoms with Crippen LogP contribution < -0.4 is 19.8 Å². The van der Waals surface area contributed by atoms with Gasteiger partial charge in [-0.3, -0.25) is 4.79 Å². The Morgan fingerprint density at radius 2 is 1.48 bits per heavy atom. The van der Waals surface area contributed by atoms with Crippen molar-refractivity contribution in [3.05, 3.63) is 82.8 Å². The van der Waals surface area contributed by atoms with Crippen molar-refractivity contribution in [1.82, 2.24) is 9.45 Å². The minimum atomic E-state index is -4.80. The number of hydrogen-bond donors (Lipinski definition) is 2. The Balaban J connectivity index is 1.65. The van der Waals surface area contributed by atoms with Gasteiger partial charge in [0.05, 0.1) is 4.90 Å². The van der Waals surface area contributed by atoms with Crippen LogP contribution in [0.5, 0.6) is 17.2 Å². The summed E-state index contributed by atoms with van der Waals surface area (Å²) in [7, 11) is -3.96. The van der Waals surface area contributed by atoms with Gasteiger partial charge in [-0.25, -0.2) is 13.1 Å². The zero-order chi connectivity index (χ0) is 22.6. The molecule has 3 rings (SSSR count). The second-order valence-electron chi connectivity index (χ2n) is 6.10. The van der Waals surface area contributed by atoms with Gasteiger partial charge in [0, 0.05) is 18.3 Å². The van der Waals surface area contributed by atoms with Gasteiger partial charge in [0.1, 0.15) is 17.2 Å². The van der Waals surface area contributed by atoms with E-state index < -0.39 is 27.7 Å². The number of benzene rings is 2. The maximum absolute atomic E-state index is 12.4. The minimum Gasteiger partial charge on any atom is -0.457 e. The Kier molecular flexibility index (Phi) is 6.22.